The van der Waals surface area contributed by atoms with Crippen LogP contribution in [0.4, 0.5) is 0 Å². The van der Waals surface area contributed by atoms with E-state index in [0.29, 0.717) is 11.5 Å². The molecule has 0 aliphatic carbocycles. The number of rotatable bonds is 3. The first-order valence-corrected chi connectivity index (χ1v) is 4.87. The molecule has 0 unspecified atom stereocenters. The maximum absolute atomic E-state index is 8.86. The quantitative estimate of drug-likeness (QED) is 0.803. The lowest BCUT2D eigenvalue weighted by molar-refractivity contribution is 0.373. The van der Waals surface area contributed by atoms with Crippen LogP contribution in [0.1, 0.15) is 5.69 Å². The molecule has 0 bridgehead atoms. The third kappa shape index (κ3) is 2.32. The summed E-state index contributed by atoms with van der Waals surface area (Å²) in [5.41, 5.74) is 0.137. The maximum Gasteiger partial charge on any atom is 0.256 e. The minimum Gasteiger partial charge on any atom is -0.493 e. The van der Waals surface area contributed by atoms with Crippen LogP contribution in [0.15, 0.2) is 36.7 Å². The van der Waals surface area contributed by atoms with Gasteiger partial charge >= 0.3 is 0 Å². The van der Waals surface area contributed by atoms with Gasteiger partial charge in [-0.15, -0.1) is 0 Å². The summed E-state index contributed by atoms with van der Waals surface area (Å²) in [4.78, 5) is 7.82. The van der Waals surface area contributed by atoms with Gasteiger partial charge in [0.2, 0.25) is 5.69 Å². The molecule has 2 aromatic rings. The van der Waals surface area contributed by atoms with Crippen LogP contribution in [0.3, 0.4) is 0 Å². The monoisotopic (exact) mass is 227 g/mol. The van der Waals surface area contributed by atoms with Gasteiger partial charge in [-0.1, -0.05) is 12.1 Å². The molecule has 5 nitrogen and oxygen atoms in total. The van der Waals surface area contributed by atoms with Gasteiger partial charge in [0.05, 0.1) is 7.11 Å². The molecule has 1 heterocycles. The molecule has 0 spiro atoms. The molecule has 0 radical (unpaired) electrons. The van der Waals surface area contributed by atoms with E-state index in [0.717, 1.165) is 0 Å². The molecule has 1 aromatic heterocycles. The highest BCUT2D eigenvalue weighted by Gasteiger charge is 2.09. The highest BCUT2D eigenvalue weighted by molar-refractivity contribution is 5.43. The summed E-state index contributed by atoms with van der Waals surface area (Å²) in [5, 5.41) is 8.86. The standard InChI is InChI=1S/C12H9N3O2/c1-16-10-4-2-3-5-11(10)17-12-9(8-13)14-6-7-15-12/h2-7H,1H3. The van der Waals surface area contributed by atoms with Gasteiger partial charge in [-0.25, -0.2) is 9.97 Å². The van der Waals surface area contributed by atoms with Crippen LogP contribution in [0.25, 0.3) is 0 Å². The largest absolute Gasteiger partial charge is 0.493 e. The number of methoxy groups -OCH3 is 1. The minimum absolute atomic E-state index is 0.137. The summed E-state index contributed by atoms with van der Waals surface area (Å²) in [6.45, 7) is 0. The van der Waals surface area contributed by atoms with Gasteiger partial charge in [-0.3, -0.25) is 0 Å². The molecule has 0 aliphatic heterocycles. The van der Waals surface area contributed by atoms with Crippen molar-refractivity contribution in [1.82, 2.24) is 9.97 Å². The van der Waals surface area contributed by atoms with E-state index in [4.69, 9.17) is 14.7 Å². The Kier molecular flexibility index (Phi) is 3.17. The number of nitrogens with zero attached hydrogens (tertiary/aromatic N) is 3. The molecular formula is C12H9N3O2. The highest BCUT2D eigenvalue weighted by atomic mass is 16.5. The van der Waals surface area contributed by atoms with E-state index < -0.39 is 0 Å². The number of nitriles is 1. The fourth-order valence-corrected chi connectivity index (χ4v) is 1.28. The zero-order chi connectivity index (χ0) is 12.1. The molecule has 0 saturated carbocycles. The van der Waals surface area contributed by atoms with Crippen LogP contribution in [-0.2, 0) is 0 Å². The van der Waals surface area contributed by atoms with E-state index in [2.05, 4.69) is 9.97 Å². The fraction of sp³-hybridized carbons (Fsp3) is 0.0833. The van der Waals surface area contributed by atoms with Gasteiger partial charge < -0.3 is 9.47 Å². The lowest BCUT2D eigenvalue weighted by Crippen LogP contribution is -1.95. The van der Waals surface area contributed by atoms with Gasteiger partial charge in [0.15, 0.2) is 11.5 Å². The molecule has 2 rings (SSSR count). The average Bonchev–Trinajstić information content (AvgIpc) is 2.40. The lowest BCUT2D eigenvalue weighted by atomic mass is 10.3. The van der Waals surface area contributed by atoms with Gasteiger partial charge in [-0.05, 0) is 12.1 Å². The van der Waals surface area contributed by atoms with Crippen LogP contribution in [0.2, 0.25) is 0 Å². The Morgan fingerprint density at radius 3 is 2.53 bits per heavy atom. The van der Waals surface area contributed by atoms with Crippen molar-refractivity contribution in [3.8, 4) is 23.4 Å². The van der Waals surface area contributed by atoms with Crippen molar-refractivity contribution < 1.29 is 9.47 Å². The number of aromatic nitrogens is 2. The van der Waals surface area contributed by atoms with E-state index >= 15 is 0 Å². The summed E-state index contributed by atoms with van der Waals surface area (Å²) < 4.78 is 10.6. The van der Waals surface area contributed by atoms with Crippen LogP contribution >= 0.6 is 0 Å². The molecule has 5 heteroatoms. The van der Waals surface area contributed by atoms with Crippen LogP contribution in [0.5, 0.6) is 17.4 Å². The molecule has 0 N–H and O–H groups in total. The van der Waals surface area contributed by atoms with E-state index in [-0.39, 0.29) is 11.6 Å². The van der Waals surface area contributed by atoms with Crippen molar-refractivity contribution in [2.45, 2.75) is 0 Å². The highest BCUT2D eigenvalue weighted by Crippen LogP contribution is 2.30. The third-order valence-electron chi connectivity index (χ3n) is 2.05. The summed E-state index contributed by atoms with van der Waals surface area (Å²) in [6.07, 6.45) is 2.90. The van der Waals surface area contributed by atoms with Gasteiger partial charge in [0, 0.05) is 12.4 Å². The Balaban J connectivity index is 2.35. The van der Waals surface area contributed by atoms with Crippen molar-refractivity contribution in [3.63, 3.8) is 0 Å². The van der Waals surface area contributed by atoms with E-state index in [1.807, 2.05) is 12.1 Å². The van der Waals surface area contributed by atoms with E-state index in [9.17, 15) is 0 Å². The predicted octanol–water partition coefficient (Wildman–Crippen LogP) is 2.15. The average molecular weight is 227 g/mol. The summed E-state index contributed by atoms with van der Waals surface area (Å²) in [5.74, 6) is 1.23. The molecule has 17 heavy (non-hydrogen) atoms. The van der Waals surface area contributed by atoms with E-state index in [1.165, 1.54) is 12.4 Å². The number of benzene rings is 1. The molecule has 0 atom stereocenters. The van der Waals surface area contributed by atoms with Gasteiger partial charge in [-0.2, -0.15) is 5.26 Å². The first-order valence-electron chi connectivity index (χ1n) is 4.87. The maximum atomic E-state index is 8.86. The zero-order valence-electron chi connectivity index (χ0n) is 9.12. The number of hydrogen-bond donors (Lipinski definition) is 0. The van der Waals surface area contributed by atoms with Crippen molar-refractivity contribution in [2.24, 2.45) is 0 Å². The second kappa shape index (κ2) is 4.94. The normalized spacial score (nSPS) is 9.41. The third-order valence-corrected chi connectivity index (χ3v) is 2.05. The van der Waals surface area contributed by atoms with Crippen LogP contribution < -0.4 is 9.47 Å². The summed E-state index contributed by atoms with van der Waals surface area (Å²) in [6, 6.07) is 9.04. The summed E-state index contributed by atoms with van der Waals surface area (Å²) in [7, 11) is 1.55. The Morgan fingerprint density at radius 2 is 1.82 bits per heavy atom. The van der Waals surface area contributed by atoms with Crippen molar-refractivity contribution in [2.75, 3.05) is 7.11 Å². The van der Waals surface area contributed by atoms with Crippen LogP contribution in [-0.4, -0.2) is 17.1 Å². The second-order valence-corrected chi connectivity index (χ2v) is 3.07. The Bertz CT molecular complexity index is 564. The number of hydrogen-bond acceptors (Lipinski definition) is 5. The topological polar surface area (TPSA) is 68.0 Å². The fourth-order valence-electron chi connectivity index (χ4n) is 1.28. The Hall–Kier alpha value is -2.61. The van der Waals surface area contributed by atoms with E-state index in [1.54, 1.807) is 25.3 Å². The van der Waals surface area contributed by atoms with Crippen LogP contribution in [0, 0.1) is 11.3 Å². The molecule has 84 valence electrons. The first kappa shape index (κ1) is 10.9. The molecular weight excluding hydrogens is 218 g/mol. The van der Waals surface area contributed by atoms with Crippen molar-refractivity contribution >= 4 is 0 Å². The first-order chi connectivity index (χ1) is 8.35. The van der Waals surface area contributed by atoms with Gasteiger partial charge in [0.25, 0.3) is 5.88 Å². The Morgan fingerprint density at radius 1 is 1.12 bits per heavy atom. The SMILES string of the molecule is COc1ccccc1Oc1nccnc1C#N. The smallest absolute Gasteiger partial charge is 0.256 e. The molecule has 0 fully saturated rings. The lowest BCUT2D eigenvalue weighted by Gasteiger charge is -2.08. The van der Waals surface area contributed by atoms with Crippen molar-refractivity contribution in [3.05, 3.63) is 42.4 Å². The van der Waals surface area contributed by atoms with Crippen molar-refractivity contribution in [1.29, 1.82) is 5.26 Å². The number of para-hydroxylation sites is 2. The Labute approximate surface area is 98.3 Å². The molecule has 0 aliphatic rings. The number of ether oxygens (including phenoxy) is 2. The van der Waals surface area contributed by atoms with Gasteiger partial charge in [0.1, 0.15) is 6.07 Å². The molecule has 1 aromatic carbocycles. The summed E-state index contributed by atoms with van der Waals surface area (Å²) >= 11 is 0. The minimum atomic E-state index is 0.137. The second-order valence-electron chi connectivity index (χ2n) is 3.07. The molecule has 0 amide bonds. The predicted molar refractivity (Wildman–Crippen MR) is 59.8 cm³/mol. The zero-order valence-corrected chi connectivity index (χ0v) is 9.12. The molecule has 0 saturated heterocycles.